The molecule has 14 heteroatoms. The van der Waals surface area contributed by atoms with Gasteiger partial charge in [0.15, 0.2) is 11.5 Å². The molecule has 0 unspecified atom stereocenters. The van der Waals surface area contributed by atoms with Gasteiger partial charge in [-0.2, -0.15) is 0 Å². The van der Waals surface area contributed by atoms with Gasteiger partial charge in [0.25, 0.3) is 10.0 Å². The minimum absolute atomic E-state index is 0.0114. The molecule has 0 fully saturated rings. The van der Waals surface area contributed by atoms with Crippen molar-refractivity contribution < 1.29 is 32.2 Å². The third-order valence-corrected chi connectivity index (χ3v) is 9.38. The van der Waals surface area contributed by atoms with E-state index in [1.807, 2.05) is 0 Å². The SMILES string of the molecule is CC[C@@H](C(=O)NC(C)C)N(Cc1ccc(Cl)cc1Cl)C(=O)CN(c1cc(Cl)ccc1OC)S(=O)(=O)c1ccc(OC)c(OC)c1. The van der Waals surface area contributed by atoms with Crippen molar-refractivity contribution in [2.75, 3.05) is 32.2 Å². The number of methoxy groups -OCH3 is 3. The number of hydrogen-bond donors (Lipinski definition) is 1. The number of nitrogens with zero attached hydrogens (tertiary/aromatic N) is 2. The van der Waals surface area contributed by atoms with Gasteiger partial charge < -0.3 is 24.4 Å². The zero-order valence-corrected chi connectivity index (χ0v) is 28.9. The topological polar surface area (TPSA) is 114 Å². The molecule has 0 aliphatic carbocycles. The van der Waals surface area contributed by atoms with Crippen LogP contribution in [0.3, 0.4) is 0 Å². The number of sulfonamides is 1. The molecule has 10 nitrogen and oxygen atoms in total. The fraction of sp³-hybridized carbons (Fsp3) is 0.355. The van der Waals surface area contributed by atoms with E-state index in [-0.39, 0.29) is 51.1 Å². The van der Waals surface area contributed by atoms with Crippen molar-refractivity contribution in [2.24, 2.45) is 0 Å². The maximum atomic E-state index is 14.4. The zero-order valence-electron chi connectivity index (χ0n) is 25.8. The Morgan fingerprint density at radius 1 is 0.844 bits per heavy atom. The van der Waals surface area contributed by atoms with Crippen molar-refractivity contribution in [3.8, 4) is 17.2 Å². The first-order valence-electron chi connectivity index (χ1n) is 13.9. The average molecular weight is 701 g/mol. The molecule has 0 aromatic heterocycles. The largest absolute Gasteiger partial charge is 0.495 e. The highest BCUT2D eigenvalue weighted by molar-refractivity contribution is 7.92. The summed E-state index contributed by atoms with van der Waals surface area (Å²) in [7, 11) is -0.308. The molecule has 1 N–H and O–H groups in total. The minimum Gasteiger partial charge on any atom is -0.495 e. The lowest BCUT2D eigenvalue weighted by Gasteiger charge is -2.34. The molecule has 45 heavy (non-hydrogen) atoms. The number of rotatable bonds is 14. The molecule has 3 aromatic rings. The van der Waals surface area contributed by atoms with Crippen molar-refractivity contribution in [3.05, 3.63) is 75.2 Å². The third kappa shape index (κ3) is 8.66. The van der Waals surface area contributed by atoms with Gasteiger partial charge in [-0.15, -0.1) is 0 Å². The Labute approximate surface area is 279 Å². The van der Waals surface area contributed by atoms with E-state index in [4.69, 9.17) is 49.0 Å². The maximum absolute atomic E-state index is 14.4. The molecular weight excluding hydrogens is 665 g/mol. The van der Waals surface area contributed by atoms with Crippen molar-refractivity contribution in [1.29, 1.82) is 0 Å². The Hall–Kier alpha value is -3.38. The number of carbonyl (C=O) groups is 2. The summed E-state index contributed by atoms with van der Waals surface area (Å²) in [6.45, 7) is 4.54. The summed E-state index contributed by atoms with van der Waals surface area (Å²) in [4.78, 5) is 28.8. The summed E-state index contributed by atoms with van der Waals surface area (Å²) in [6, 6.07) is 12.1. The number of nitrogens with one attached hydrogen (secondary N) is 1. The summed E-state index contributed by atoms with van der Waals surface area (Å²) < 4.78 is 45.7. The standard InChI is InChI=1S/C31H36Cl3N3O7S/c1-7-25(31(39)35-19(2)3)36(17-20-8-9-21(32)14-24(20)34)30(38)18-37(26-15-22(33)10-12-27(26)42-4)45(40,41)23-11-13-28(43-5)29(16-23)44-6/h8-16,19,25H,7,17-18H2,1-6H3,(H,35,39)/t25-/m0/s1. The Kier molecular flexibility index (Phi) is 12.6. The van der Waals surface area contributed by atoms with Crippen LogP contribution in [-0.4, -0.2) is 65.1 Å². The van der Waals surface area contributed by atoms with Crippen LogP contribution in [0.15, 0.2) is 59.5 Å². The summed E-state index contributed by atoms with van der Waals surface area (Å²) in [5.74, 6) is -0.461. The van der Waals surface area contributed by atoms with E-state index in [0.717, 1.165) is 4.31 Å². The molecule has 0 saturated carbocycles. The second-order valence-electron chi connectivity index (χ2n) is 10.2. The maximum Gasteiger partial charge on any atom is 0.265 e. The van der Waals surface area contributed by atoms with E-state index in [1.54, 1.807) is 32.9 Å². The lowest BCUT2D eigenvalue weighted by atomic mass is 10.1. The molecule has 0 spiro atoms. The van der Waals surface area contributed by atoms with Gasteiger partial charge in [-0.1, -0.05) is 47.8 Å². The van der Waals surface area contributed by atoms with E-state index in [1.165, 1.54) is 68.7 Å². The van der Waals surface area contributed by atoms with Crippen LogP contribution in [0.2, 0.25) is 15.1 Å². The molecule has 0 bridgehead atoms. The van der Waals surface area contributed by atoms with E-state index >= 15 is 0 Å². The molecule has 1 atom stereocenters. The Bertz CT molecular complexity index is 1640. The van der Waals surface area contributed by atoms with E-state index in [2.05, 4.69) is 5.32 Å². The summed E-state index contributed by atoms with van der Waals surface area (Å²) in [6.07, 6.45) is 0.235. The highest BCUT2D eigenvalue weighted by Gasteiger charge is 2.35. The molecular formula is C31H36Cl3N3O7S. The van der Waals surface area contributed by atoms with E-state index in [0.29, 0.717) is 16.3 Å². The van der Waals surface area contributed by atoms with Crippen molar-refractivity contribution >= 4 is 62.3 Å². The van der Waals surface area contributed by atoms with Crippen LogP contribution in [0.25, 0.3) is 0 Å². The Morgan fingerprint density at radius 2 is 1.44 bits per heavy atom. The lowest BCUT2D eigenvalue weighted by Crippen LogP contribution is -2.53. The summed E-state index contributed by atoms with van der Waals surface area (Å²) >= 11 is 18.9. The number of halogens is 3. The van der Waals surface area contributed by atoms with Gasteiger partial charge in [0.05, 0.1) is 31.9 Å². The molecule has 3 aromatic carbocycles. The number of benzene rings is 3. The monoisotopic (exact) mass is 699 g/mol. The van der Waals surface area contributed by atoms with Gasteiger partial charge in [0.2, 0.25) is 11.8 Å². The molecule has 0 saturated heterocycles. The van der Waals surface area contributed by atoms with Crippen LogP contribution < -0.4 is 23.8 Å². The second kappa shape index (κ2) is 15.8. The first-order chi connectivity index (χ1) is 21.3. The zero-order chi connectivity index (χ0) is 33.5. The van der Waals surface area contributed by atoms with E-state index < -0.39 is 34.4 Å². The second-order valence-corrected chi connectivity index (χ2v) is 13.3. The molecule has 0 radical (unpaired) electrons. The molecule has 0 aliphatic rings. The predicted molar refractivity (Wildman–Crippen MR) is 176 cm³/mol. The van der Waals surface area contributed by atoms with Gasteiger partial charge in [0.1, 0.15) is 18.3 Å². The number of hydrogen-bond acceptors (Lipinski definition) is 7. The van der Waals surface area contributed by atoms with Crippen LogP contribution in [0.5, 0.6) is 17.2 Å². The van der Waals surface area contributed by atoms with Crippen LogP contribution >= 0.6 is 34.8 Å². The normalized spacial score (nSPS) is 12.0. The van der Waals surface area contributed by atoms with Crippen molar-refractivity contribution in [2.45, 2.75) is 50.7 Å². The van der Waals surface area contributed by atoms with Gasteiger partial charge in [0, 0.05) is 33.7 Å². The molecule has 3 rings (SSSR count). The van der Waals surface area contributed by atoms with Gasteiger partial charge in [-0.25, -0.2) is 8.42 Å². The number of amides is 2. The third-order valence-electron chi connectivity index (χ3n) is 6.80. The first kappa shape index (κ1) is 36.1. The molecule has 0 heterocycles. The van der Waals surface area contributed by atoms with Crippen molar-refractivity contribution in [1.82, 2.24) is 10.2 Å². The van der Waals surface area contributed by atoms with Crippen LogP contribution in [-0.2, 0) is 26.2 Å². The van der Waals surface area contributed by atoms with Gasteiger partial charge in [-0.3, -0.25) is 13.9 Å². The summed E-state index contributed by atoms with van der Waals surface area (Å²) in [5.41, 5.74) is 0.525. The first-order valence-corrected chi connectivity index (χ1v) is 16.5. The predicted octanol–water partition coefficient (Wildman–Crippen LogP) is 6.20. The van der Waals surface area contributed by atoms with Gasteiger partial charge in [-0.05, 0) is 68.3 Å². The summed E-state index contributed by atoms with van der Waals surface area (Å²) in [5, 5.41) is 3.73. The number of ether oxygens (including phenoxy) is 3. The smallest absolute Gasteiger partial charge is 0.265 e. The quantitative estimate of drug-likeness (QED) is 0.213. The fourth-order valence-electron chi connectivity index (χ4n) is 4.61. The fourth-order valence-corrected chi connectivity index (χ4v) is 6.68. The number of carbonyl (C=O) groups excluding carboxylic acids is 2. The molecule has 244 valence electrons. The molecule has 0 aliphatic heterocycles. The van der Waals surface area contributed by atoms with Crippen LogP contribution in [0.1, 0.15) is 32.8 Å². The Balaban J connectivity index is 2.20. The van der Waals surface area contributed by atoms with Crippen molar-refractivity contribution in [3.63, 3.8) is 0 Å². The van der Waals surface area contributed by atoms with Crippen LogP contribution in [0.4, 0.5) is 5.69 Å². The highest BCUT2D eigenvalue weighted by Crippen LogP contribution is 2.37. The molecule has 2 amide bonds. The highest BCUT2D eigenvalue weighted by atomic mass is 35.5. The van der Waals surface area contributed by atoms with Crippen LogP contribution in [0, 0.1) is 0 Å². The van der Waals surface area contributed by atoms with Gasteiger partial charge >= 0.3 is 0 Å². The number of anilines is 1. The minimum atomic E-state index is -4.48. The Morgan fingerprint density at radius 3 is 2.02 bits per heavy atom. The average Bonchev–Trinajstić information content (AvgIpc) is 2.99. The van der Waals surface area contributed by atoms with E-state index in [9.17, 15) is 18.0 Å². The lowest BCUT2D eigenvalue weighted by molar-refractivity contribution is -0.140.